The first kappa shape index (κ1) is 19.3. The highest BCUT2D eigenvalue weighted by Crippen LogP contribution is 2.32. The van der Waals surface area contributed by atoms with Crippen molar-refractivity contribution in [2.24, 2.45) is 5.41 Å². The Balaban J connectivity index is 1.64. The molecule has 2 aromatic heterocycles. The number of nitrogens with zero attached hydrogens (tertiary/aromatic N) is 2. The van der Waals surface area contributed by atoms with Crippen molar-refractivity contribution in [2.45, 2.75) is 51.8 Å². The highest BCUT2D eigenvalue weighted by Gasteiger charge is 2.28. The van der Waals surface area contributed by atoms with Crippen LogP contribution in [0.25, 0.3) is 22.0 Å². The molecule has 1 N–H and O–H groups in total. The molecule has 3 aromatic rings. The van der Waals surface area contributed by atoms with Gasteiger partial charge in [-0.05, 0) is 54.0 Å². The quantitative estimate of drug-likeness (QED) is 0.630. The van der Waals surface area contributed by atoms with Crippen LogP contribution < -0.4 is 4.72 Å². The van der Waals surface area contributed by atoms with Gasteiger partial charge in [0.1, 0.15) is 0 Å². The highest BCUT2D eigenvalue weighted by atomic mass is 32.2. The van der Waals surface area contributed by atoms with Crippen LogP contribution in [0.1, 0.15) is 39.2 Å². The number of nitrogens with one attached hydrogen (secondary N) is 1. The first-order chi connectivity index (χ1) is 13.4. The Bertz CT molecular complexity index is 984. The number of hydrogen-bond donors (Lipinski definition) is 1. The molecular formula is C23H29N3OS. The highest BCUT2D eigenvalue weighted by molar-refractivity contribution is 7.84. The lowest BCUT2D eigenvalue weighted by Gasteiger charge is -2.17. The van der Waals surface area contributed by atoms with E-state index in [9.17, 15) is 4.21 Å². The van der Waals surface area contributed by atoms with E-state index in [1.165, 1.54) is 22.0 Å². The van der Waals surface area contributed by atoms with Gasteiger partial charge in [0.05, 0.1) is 11.0 Å². The van der Waals surface area contributed by atoms with E-state index in [0.717, 1.165) is 37.9 Å². The van der Waals surface area contributed by atoms with E-state index in [0.29, 0.717) is 5.25 Å². The summed E-state index contributed by atoms with van der Waals surface area (Å²) >= 11 is 0. The minimum absolute atomic E-state index is 0.217. The monoisotopic (exact) mass is 395 g/mol. The third kappa shape index (κ3) is 4.53. The van der Waals surface area contributed by atoms with Crippen LogP contribution in [0, 0.1) is 5.41 Å². The molecule has 148 valence electrons. The zero-order valence-electron chi connectivity index (χ0n) is 16.9. The fourth-order valence-corrected chi connectivity index (χ4v) is 4.74. The molecule has 0 spiro atoms. The Labute approximate surface area is 170 Å². The fraction of sp³-hybridized carbons (Fsp3) is 0.435. The average molecular weight is 396 g/mol. The van der Waals surface area contributed by atoms with Gasteiger partial charge in [-0.3, -0.25) is 4.98 Å². The van der Waals surface area contributed by atoms with Gasteiger partial charge >= 0.3 is 0 Å². The number of aromatic nitrogens is 2. The topological polar surface area (TPSA) is 46.9 Å². The minimum Gasteiger partial charge on any atom is -0.346 e. The van der Waals surface area contributed by atoms with Crippen LogP contribution in [0.4, 0.5) is 0 Å². The third-order valence-electron chi connectivity index (χ3n) is 5.10. The SMILES string of the molecule is CC(C)(C)Cc1cn(CCNS(=O)C2CC2)c2ccc(-c3cccnc3)cc12. The lowest BCUT2D eigenvalue weighted by Crippen LogP contribution is -2.24. The molecule has 28 heavy (non-hydrogen) atoms. The van der Waals surface area contributed by atoms with Crippen LogP contribution >= 0.6 is 0 Å². The summed E-state index contributed by atoms with van der Waals surface area (Å²) in [6.45, 7) is 8.39. The van der Waals surface area contributed by atoms with Gasteiger partial charge < -0.3 is 4.57 Å². The number of rotatable bonds is 7. The Morgan fingerprint density at radius 1 is 1.21 bits per heavy atom. The lowest BCUT2D eigenvalue weighted by atomic mass is 9.88. The zero-order valence-corrected chi connectivity index (χ0v) is 17.8. The second-order valence-electron chi connectivity index (χ2n) is 8.95. The fourth-order valence-electron chi connectivity index (χ4n) is 3.65. The molecule has 0 radical (unpaired) electrons. The molecule has 1 aliphatic rings. The zero-order chi connectivity index (χ0) is 19.7. The molecule has 1 atom stereocenters. The van der Waals surface area contributed by atoms with Gasteiger partial charge in [-0.1, -0.05) is 32.9 Å². The normalized spacial score (nSPS) is 15.8. The molecule has 0 aliphatic heterocycles. The standard InChI is InChI=1S/C23H29N3OS/c1-23(2,3)14-19-16-26(12-11-25-28(27)20-7-8-20)22-9-6-17(13-21(19)22)18-5-4-10-24-15-18/h4-6,9-10,13,15-16,20,25H,7-8,11-12,14H2,1-3H3. The molecule has 0 saturated heterocycles. The van der Waals surface area contributed by atoms with E-state index in [1.54, 1.807) is 0 Å². The largest absolute Gasteiger partial charge is 0.346 e. The van der Waals surface area contributed by atoms with Gasteiger partial charge in [0.2, 0.25) is 0 Å². The van der Waals surface area contributed by atoms with Crippen LogP contribution in [0.2, 0.25) is 0 Å². The average Bonchev–Trinajstić information content (AvgIpc) is 3.46. The lowest BCUT2D eigenvalue weighted by molar-refractivity contribution is 0.412. The van der Waals surface area contributed by atoms with E-state index in [1.807, 2.05) is 18.5 Å². The van der Waals surface area contributed by atoms with Gasteiger partial charge in [0.25, 0.3) is 0 Å². The summed E-state index contributed by atoms with van der Waals surface area (Å²) in [5, 5.41) is 1.68. The van der Waals surface area contributed by atoms with Gasteiger partial charge in [-0.15, -0.1) is 0 Å². The van der Waals surface area contributed by atoms with E-state index >= 15 is 0 Å². The molecule has 0 amide bonds. The van der Waals surface area contributed by atoms with Crippen LogP contribution in [-0.2, 0) is 24.0 Å². The van der Waals surface area contributed by atoms with Gasteiger partial charge in [0, 0.05) is 53.4 Å². The minimum atomic E-state index is -0.876. The van der Waals surface area contributed by atoms with Crippen LogP contribution in [0.5, 0.6) is 0 Å². The summed E-state index contributed by atoms with van der Waals surface area (Å²) < 4.78 is 17.5. The van der Waals surface area contributed by atoms with E-state index in [-0.39, 0.29) is 5.41 Å². The van der Waals surface area contributed by atoms with E-state index in [4.69, 9.17) is 0 Å². The van der Waals surface area contributed by atoms with E-state index in [2.05, 4.69) is 65.5 Å². The molecule has 4 nitrogen and oxygen atoms in total. The summed E-state index contributed by atoms with van der Waals surface area (Å²) in [6, 6.07) is 10.8. The molecule has 2 heterocycles. The Hall–Kier alpha value is -1.98. The smallest absolute Gasteiger partial charge is 0.0947 e. The van der Waals surface area contributed by atoms with Crippen molar-refractivity contribution in [3.8, 4) is 11.1 Å². The maximum atomic E-state index is 12.0. The second kappa shape index (κ2) is 7.80. The van der Waals surface area contributed by atoms with Crippen molar-refractivity contribution < 1.29 is 4.21 Å². The molecule has 1 aromatic carbocycles. The maximum absolute atomic E-state index is 12.0. The Morgan fingerprint density at radius 3 is 2.71 bits per heavy atom. The van der Waals surface area contributed by atoms with E-state index < -0.39 is 11.0 Å². The first-order valence-electron chi connectivity index (χ1n) is 10.1. The van der Waals surface area contributed by atoms with Crippen molar-refractivity contribution in [3.05, 3.63) is 54.5 Å². The molecule has 0 bridgehead atoms. The predicted octanol–water partition coefficient (Wildman–Crippen LogP) is 4.71. The van der Waals surface area contributed by atoms with Crippen molar-refractivity contribution in [1.29, 1.82) is 0 Å². The number of pyridine rings is 1. The Kier molecular flexibility index (Phi) is 5.39. The van der Waals surface area contributed by atoms with Crippen LogP contribution in [0.15, 0.2) is 48.9 Å². The first-order valence-corrected chi connectivity index (χ1v) is 11.3. The summed E-state index contributed by atoms with van der Waals surface area (Å²) in [5.74, 6) is 0. The molecule has 1 aliphatic carbocycles. The third-order valence-corrected chi connectivity index (χ3v) is 6.67. The van der Waals surface area contributed by atoms with Crippen molar-refractivity contribution in [1.82, 2.24) is 14.3 Å². The summed E-state index contributed by atoms with van der Waals surface area (Å²) in [5.41, 5.74) is 5.17. The van der Waals surface area contributed by atoms with Gasteiger partial charge in [-0.2, -0.15) is 0 Å². The van der Waals surface area contributed by atoms with Crippen molar-refractivity contribution in [2.75, 3.05) is 6.54 Å². The van der Waals surface area contributed by atoms with Crippen LogP contribution in [0.3, 0.4) is 0 Å². The molecule has 1 fully saturated rings. The van der Waals surface area contributed by atoms with Crippen molar-refractivity contribution >= 4 is 21.9 Å². The summed E-state index contributed by atoms with van der Waals surface area (Å²) in [7, 11) is -0.876. The van der Waals surface area contributed by atoms with Gasteiger partial charge in [0.15, 0.2) is 0 Å². The Morgan fingerprint density at radius 2 is 2.04 bits per heavy atom. The number of fused-ring (bicyclic) bond motifs is 1. The molecular weight excluding hydrogens is 366 g/mol. The molecule has 1 unspecified atom stereocenters. The summed E-state index contributed by atoms with van der Waals surface area (Å²) in [6.07, 6.45) is 9.22. The second-order valence-corrected chi connectivity index (χ2v) is 10.5. The molecule has 4 rings (SSSR count). The maximum Gasteiger partial charge on any atom is 0.0947 e. The predicted molar refractivity (Wildman–Crippen MR) is 117 cm³/mol. The van der Waals surface area contributed by atoms with Gasteiger partial charge in [-0.25, -0.2) is 8.93 Å². The van der Waals surface area contributed by atoms with Crippen LogP contribution in [-0.4, -0.2) is 25.6 Å². The van der Waals surface area contributed by atoms with Crippen molar-refractivity contribution in [3.63, 3.8) is 0 Å². The molecule has 5 heteroatoms. The number of hydrogen-bond acceptors (Lipinski definition) is 2. The summed E-state index contributed by atoms with van der Waals surface area (Å²) in [4.78, 5) is 4.26. The number of benzene rings is 1. The molecule has 1 saturated carbocycles.